The molecule has 11 heavy (non-hydrogen) atoms. The van der Waals surface area contributed by atoms with Crippen molar-refractivity contribution < 1.29 is 13.5 Å². The van der Waals surface area contributed by atoms with Crippen molar-refractivity contribution in [3.63, 3.8) is 0 Å². The first kappa shape index (κ1) is 10.6. The quantitative estimate of drug-likeness (QED) is 0.576. The van der Waals surface area contributed by atoms with Crippen LogP contribution < -0.4 is 5.14 Å². The molecule has 3 N–H and O–H groups in total. The molecular weight excluding hydrogens is 166 g/mol. The molecule has 0 radical (unpaired) electrons. The Morgan fingerprint density at radius 2 is 2.18 bits per heavy atom. The van der Waals surface area contributed by atoms with Crippen LogP contribution in [0.2, 0.25) is 0 Å². The van der Waals surface area contributed by atoms with E-state index in [9.17, 15) is 8.42 Å². The van der Waals surface area contributed by atoms with E-state index in [1.54, 1.807) is 0 Å². The predicted molar refractivity (Wildman–Crippen MR) is 43.4 cm³/mol. The van der Waals surface area contributed by atoms with Gasteiger partial charge in [0.1, 0.15) is 0 Å². The van der Waals surface area contributed by atoms with Crippen LogP contribution in [-0.2, 0) is 10.0 Å². The standard InChI is InChI=1S/C6H13NO3S/c1-3-4-6(8)5(2)11(7,9)10/h3,5-6,8H,1,4H2,2H3,(H2,7,9,10)/t5-,6-/m1/s1. The maximum atomic E-state index is 10.6. The van der Waals surface area contributed by atoms with Gasteiger partial charge in [-0.15, -0.1) is 6.58 Å². The Kier molecular flexibility index (Phi) is 3.71. The van der Waals surface area contributed by atoms with E-state index in [2.05, 4.69) is 6.58 Å². The minimum Gasteiger partial charge on any atom is -0.391 e. The summed E-state index contributed by atoms with van der Waals surface area (Å²) in [6.45, 7) is 4.73. The molecule has 0 unspecified atom stereocenters. The average molecular weight is 179 g/mol. The Morgan fingerprint density at radius 3 is 2.45 bits per heavy atom. The lowest BCUT2D eigenvalue weighted by molar-refractivity contribution is 0.176. The number of hydrogen-bond donors (Lipinski definition) is 2. The molecule has 0 amide bonds. The third kappa shape index (κ3) is 3.50. The van der Waals surface area contributed by atoms with Crippen molar-refractivity contribution in [3.8, 4) is 0 Å². The van der Waals surface area contributed by atoms with Crippen LogP contribution in [0.4, 0.5) is 0 Å². The number of sulfonamides is 1. The fourth-order valence-corrected chi connectivity index (χ4v) is 1.13. The molecule has 0 aromatic rings. The van der Waals surface area contributed by atoms with Gasteiger partial charge in [0.2, 0.25) is 10.0 Å². The molecule has 0 saturated carbocycles. The van der Waals surface area contributed by atoms with Crippen LogP contribution >= 0.6 is 0 Å². The van der Waals surface area contributed by atoms with Gasteiger partial charge >= 0.3 is 0 Å². The third-order valence-corrected chi connectivity index (χ3v) is 2.82. The summed E-state index contributed by atoms with van der Waals surface area (Å²) in [6, 6.07) is 0. The summed E-state index contributed by atoms with van der Waals surface area (Å²) in [5.41, 5.74) is 0. The van der Waals surface area contributed by atoms with Crippen molar-refractivity contribution in [2.75, 3.05) is 0 Å². The van der Waals surface area contributed by atoms with Crippen molar-refractivity contribution >= 4 is 10.0 Å². The van der Waals surface area contributed by atoms with Crippen molar-refractivity contribution in [2.45, 2.75) is 24.7 Å². The molecule has 0 heterocycles. The predicted octanol–water partition coefficient (Wildman–Crippen LogP) is -0.400. The SMILES string of the molecule is C=CC[C@@H](O)[C@@H](C)S(N)(=O)=O. The van der Waals surface area contributed by atoms with Gasteiger partial charge in [-0.25, -0.2) is 13.6 Å². The van der Waals surface area contributed by atoms with E-state index in [1.165, 1.54) is 13.0 Å². The molecule has 0 bridgehead atoms. The fraction of sp³-hybridized carbons (Fsp3) is 0.667. The highest BCUT2D eigenvalue weighted by Crippen LogP contribution is 2.05. The number of aliphatic hydroxyl groups excluding tert-OH is 1. The van der Waals surface area contributed by atoms with Gasteiger partial charge in [0.15, 0.2) is 0 Å². The molecule has 0 aromatic carbocycles. The number of primary sulfonamides is 1. The fourth-order valence-electron chi connectivity index (χ4n) is 0.581. The topological polar surface area (TPSA) is 80.4 Å². The van der Waals surface area contributed by atoms with E-state index in [0.717, 1.165) is 0 Å². The molecule has 0 aliphatic carbocycles. The Hall–Kier alpha value is -0.390. The van der Waals surface area contributed by atoms with Crippen LogP contribution in [0, 0.1) is 0 Å². The molecule has 4 nitrogen and oxygen atoms in total. The highest BCUT2D eigenvalue weighted by atomic mass is 32.2. The highest BCUT2D eigenvalue weighted by molar-refractivity contribution is 7.89. The largest absolute Gasteiger partial charge is 0.391 e. The van der Waals surface area contributed by atoms with Gasteiger partial charge in [0.25, 0.3) is 0 Å². The molecule has 0 aliphatic rings. The minimum atomic E-state index is -3.62. The summed E-state index contributed by atoms with van der Waals surface area (Å²) in [4.78, 5) is 0. The first-order valence-corrected chi connectivity index (χ1v) is 4.81. The van der Waals surface area contributed by atoms with Crippen molar-refractivity contribution in [1.82, 2.24) is 0 Å². The maximum Gasteiger partial charge on any atom is 0.214 e. The number of hydrogen-bond acceptors (Lipinski definition) is 3. The summed E-state index contributed by atoms with van der Waals surface area (Å²) < 4.78 is 21.3. The molecule has 66 valence electrons. The molecule has 5 heteroatoms. The van der Waals surface area contributed by atoms with Gasteiger partial charge in [-0.05, 0) is 13.3 Å². The number of rotatable bonds is 4. The van der Waals surface area contributed by atoms with Crippen LogP contribution in [0.25, 0.3) is 0 Å². The van der Waals surface area contributed by atoms with E-state index in [4.69, 9.17) is 10.2 Å². The lowest BCUT2D eigenvalue weighted by Crippen LogP contribution is -2.35. The van der Waals surface area contributed by atoms with E-state index in [-0.39, 0.29) is 6.42 Å². The van der Waals surface area contributed by atoms with Gasteiger partial charge in [-0.3, -0.25) is 0 Å². The molecule has 0 saturated heterocycles. The lowest BCUT2D eigenvalue weighted by Gasteiger charge is -2.14. The molecule has 0 spiro atoms. The van der Waals surface area contributed by atoms with Gasteiger partial charge in [0, 0.05) is 0 Å². The zero-order chi connectivity index (χ0) is 9.07. The molecular formula is C6H13NO3S. The summed E-state index contributed by atoms with van der Waals surface area (Å²) in [6.07, 6.45) is 0.728. The zero-order valence-electron chi connectivity index (χ0n) is 6.40. The second kappa shape index (κ2) is 3.85. The van der Waals surface area contributed by atoms with Crippen LogP contribution in [0.5, 0.6) is 0 Å². The smallest absolute Gasteiger partial charge is 0.214 e. The number of nitrogens with two attached hydrogens (primary N) is 1. The normalized spacial score (nSPS) is 17.4. The number of aliphatic hydroxyl groups is 1. The van der Waals surface area contributed by atoms with Crippen LogP contribution in [0.3, 0.4) is 0 Å². The molecule has 2 atom stereocenters. The van der Waals surface area contributed by atoms with Gasteiger partial charge in [0.05, 0.1) is 11.4 Å². The summed E-state index contributed by atoms with van der Waals surface area (Å²) in [5, 5.41) is 13.0. The first-order chi connectivity index (χ1) is 4.89. The van der Waals surface area contributed by atoms with Crippen molar-refractivity contribution in [2.24, 2.45) is 5.14 Å². The second-order valence-electron chi connectivity index (χ2n) is 2.39. The van der Waals surface area contributed by atoms with Gasteiger partial charge in [-0.1, -0.05) is 6.08 Å². The summed E-state index contributed by atoms with van der Waals surface area (Å²) >= 11 is 0. The Morgan fingerprint density at radius 1 is 1.73 bits per heavy atom. The monoisotopic (exact) mass is 179 g/mol. The summed E-state index contributed by atoms with van der Waals surface area (Å²) in [5.74, 6) is 0. The van der Waals surface area contributed by atoms with Crippen molar-refractivity contribution in [1.29, 1.82) is 0 Å². The maximum absolute atomic E-state index is 10.6. The van der Waals surface area contributed by atoms with Crippen LogP contribution in [-0.4, -0.2) is 24.9 Å². The second-order valence-corrected chi connectivity index (χ2v) is 4.31. The van der Waals surface area contributed by atoms with Crippen LogP contribution in [0.1, 0.15) is 13.3 Å². The third-order valence-electron chi connectivity index (χ3n) is 1.47. The molecule has 0 rings (SSSR count). The molecule has 0 fully saturated rings. The van der Waals surface area contributed by atoms with E-state index < -0.39 is 21.4 Å². The molecule has 0 aliphatic heterocycles. The molecule has 0 aromatic heterocycles. The van der Waals surface area contributed by atoms with Crippen molar-refractivity contribution in [3.05, 3.63) is 12.7 Å². The Labute approximate surface area is 66.8 Å². The van der Waals surface area contributed by atoms with Gasteiger partial charge in [-0.2, -0.15) is 0 Å². The Bertz CT molecular complexity index is 222. The minimum absolute atomic E-state index is 0.234. The van der Waals surface area contributed by atoms with E-state index >= 15 is 0 Å². The first-order valence-electron chi connectivity index (χ1n) is 3.20. The summed E-state index contributed by atoms with van der Waals surface area (Å²) in [7, 11) is -3.62. The lowest BCUT2D eigenvalue weighted by atomic mass is 10.2. The average Bonchev–Trinajstić information content (AvgIpc) is 1.85. The van der Waals surface area contributed by atoms with Crippen LogP contribution in [0.15, 0.2) is 12.7 Å². The van der Waals surface area contributed by atoms with E-state index in [1.807, 2.05) is 0 Å². The highest BCUT2D eigenvalue weighted by Gasteiger charge is 2.23. The Balaban J connectivity index is 4.25. The van der Waals surface area contributed by atoms with Gasteiger partial charge < -0.3 is 5.11 Å². The van der Waals surface area contributed by atoms with E-state index in [0.29, 0.717) is 0 Å². The zero-order valence-corrected chi connectivity index (χ0v) is 7.21.